The molecule has 0 spiro atoms. The molecule has 2 fully saturated rings. The van der Waals surface area contributed by atoms with Crippen molar-refractivity contribution in [2.75, 3.05) is 45.7 Å². The smallest absolute Gasteiger partial charge is 0.249 e. The lowest BCUT2D eigenvalue weighted by Gasteiger charge is -2.30. The molecule has 10 heteroatoms. The first-order valence-electron chi connectivity index (χ1n) is 18.9. The highest BCUT2D eigenvalue weighted by Crippen LogP contribution is 2.32. The van der Waals surface area contributed by atoms with Crippen LogP contribution in [0.3, 0.4) is 0 Å². The molecular weight excluding hydrogens is 654 g/mol. The molecule has 288 valence electrons. The van der Waals surface area contributed by atoms with Crippen LogP contribution in [-0.2, 0) is 19.2 Å². The van der Waals surface area contributed by atoms with Crippen molar-refractivity contribution >= 4 is 29.8 Å². The molecule has 2 N–H and O–H groups in total. The Labute approximate surface area is 313 Å². The summed E-state index contributed by atoms with van der Waals surface area (Å²) in [5.41, 5.74) is 2.95. The number of anilines is 1. The first-order chi connectivity index (χ1) is 24.7. The summed E-state index contributed by atoms with van der Waals surface area (Å²) in [5, 5.41) is 5.37. The van der Waals surface area contributed by atoms with Gasteiger partial charge >= 0.3 is 0 Å². The van der Waals surface area contributed by atoms with E-state index in [0.29, 0.717) is 42.8 Å². The van der Waals surface area contributed by atoms with Gasteiger partial charge in [-0.3, -0.25) is 19.2 Å². The Morgan fingerprint density at radius 3 is 2.08 bits per heavy atom. The van der Waals surface area contributed by atoms with Gasteiger partial charge in [0.2, 0.25) is 24.1 Å². The highest BCUT2D eigenvalue weighted by Gasteiger charge is 2.35. The maximum atomic E-state index is 13.5. The van der Waals surface area contributed by atoms with E-state index in [1.54, 1.807) is 32.1 Å². The lowest BCUT2D eigenvalue weighted by atomic mass is 9.99. The van der Waals surface area contributed by atoms with Gasteiger partial charge in [-0.25, -0.2) is 0 Å². The molecule has 4 rings (SSSR count). The number of nitrogens with zero attached hydrogens (tertiary/aromatic N) is 3. The van der Waals surface area contributed by atoms with Crippen LogP contribution < -0.4 is 15.4 Å². The van der Waals surface area contributed by atoms with Crippen LogP contribution in [0.5, 0.6) is 5.75 Å². The van der Waals surface area contributed by atoms with Crippen molar-refractivity contribution in [1.82, 2.24) is 20.0 Å². The summed E-state index contributed by atoms with van der Waals surface area (Å²) in [7, 11) is 3.20. The van der Waals surface area contributed by atoms with E-state index in [1.165, 1.54) is 37.3 Å². The first kappa shape index (κ1) is 44.0. The van der Waals surface area contributed by atoms with E-state index >= 15 is 0 Å². The van der Waals surface area contributed by atoms with Gasteiger partial charge in [0.05, 0.1) is 25.4 Å². The fraction of sp³-hybridized carbons (Fsp3) is 0.571. The Morgan fingerprint density at radius 1 is 0.904 bits per heavy atom. The molecule has 0 radical (unpaired) electrons. The monoisotopic (exact) mass is 719 g/mol. The highest BCUT2D eigenvalue weighted by atomic mass is 16.5. The van der Waals surface area contributed by atoms with Crippen molar-refractivity contribution in [3.05, 3.63) is 60.2 Å². The molecule has 52 heavy (non-hydrogen) atoms. The number of benzene rings is 2. The van der Waals surface area contributed by atoms with Crippen LogP contribution in [0.2, 0.25) is 0 Å². The molecule has 2 aromatic rings. The highest BCUT2D eigenvalue weighted by molar-refractivity contribution is 6.02. The Bertz CT molecular complexity index is 1430. The van der Waals surface area contributed by atoms with E-state index < -0.39 is 6.04 Å². The fourth-order valence-corrected chi connectivity index (χ4v) is 6.27. The number of likely N-dealkylation sites (N-methyl/N-ethyl adjacent to an activating group) is 1. The standard InChI is InChI=1S/C30H38N4O5.C8H17N.C4H10/c1-20(2)26(33(4)28(36)18-31-19-35)16-21(3)30(38)34-15-9-12-25(34)29(37)32-24-17-23(13-14-27(24)39-5)22-10-7-6-8-11-22;1-8(2)9-6-4-3-5-7-9;1-4(2)3/h6-8,10-11,13-14,16-17,19-20,25-26H,9,12,15,18H2,1-5H3,(H,31,35)(H,32,37);8H,3-7H2,1-2H3;4H,1-3H3/b21-16+;;/t25-,26+;;/m0../s1. The lowest BCUT2D eigenvalue weighted by molar-refractivity contribution is -0.133. The summed E-state index contributed by atoms with van der Waals surface area (Å²) >= 11 is 0. The van der Waals surface area contributed by atoms with Crippen LogP contribution in [-0.4, -0.2) is 97.3 Å². The average Bonchev–Trinajstić information content (AvgIpc) is 3.63. The molecule has 0 bridgehead atoms. The predicted octanol–water partition coefficient (Wildman–Crippen LogP) is 7.01. The second-order valence-corrected chi connectivity index (χ2v) is 14.9. The van der Waals surface area contributed by atoms with Crippen LogP contribution in [0.1, 0.15) is 87.5 Å². The molecule has 2 aliphatic rings. The van der Waals surface area contributed by atoms with Gasteiger partial charge in [-0.05, 0) is 94.6 Å². The van der Waals surface area contributed by atoms with E-state index in [2.05, 4.69) is 50.2 Å². The maximum Gasteiger partial charge on any atom is 0.249 e. The summed E-state index contributed by atoms with van der Waals surface area (Å²) in [4.78, 5) is 55.6. The summed E-state index contributed by atoms with van der Waals surface area (Å²) < 4.78 is 5.48. The van der Waals surface area contributed by atoms with Crippen LogP contribution in [0, 0.1) is 11.8 Å². The van der Waals surface area contributed by atoms with E-state index in [4.69, 9.17) is 4.74 Å². The summed E-state index contributed by atoms with van der Waals surface area (Å²) in [6.07, 6.45) is 7.79. The predicted molar refractivity (Wildman–Crippen MR) is 212 cm³/mol. The number of carbonyl (C=O) groups is 4. The number of likely N-dealkylation sites (tertiary alicyclic amines) is 2. The summed E-state index contributed by atoms with van der Waals surface area (Å²) in [6, 6.07) is 15.3. The first-order valence-corrected chi connectivity index (χ1v) is 18.9. The Kier molecular flexibility index (Phi) is 19.2. The zero-order valence-corrected chi connectivity index (χ0v) is 33.4. The molecule has 10 nitrogen and oxygen atoms in total. The van der Waals surface area contributed by atoms with Crippen molar-refractivity contribution in [3.63, 3.8) is 0 Å². The van der Waals surface area contributed by atoms with E-state index in [0.717, 1.165) is 23.1 Å². The quantitative estimate of drug-likeness (QED) is 0.180. The van der Waals surface area contributed by atoms with Gasteiger partial charge in [-0.2, -0.15) is 0 Å². The number of hydrogen-bond acceptors (Lipinski definition) is 6. The number of piperidine rings is 1. The Balaban J connectivity index is 0.000000605. The number of rotatable bonds is 12. The van der Waals surface area contributed by atoms with E-state index in [9.17, 15) is 19.2 Å². The molecule has 0 aromatic heterocycles. The maximum absolute atomic E-state index is 13.5. The number of amides is 4. The van der Waals surface area contributed by atoms with Gasteiger partial charge in [0.25, 0.3) is 0 Å². The molecule has 4 amide bonds. The lowest BCUT2D eigenvalue weighted by Crippen LogP contribution is -2.45. The fourth-order valence-electron chi connectivity index (χ4n) is 6.27. The normalized spacial score (nSPS) is 16.7. The zero-order chi connectivity index (χ0) is 38.8. The van der Waals surface area contributed by atoms with Gasteiger partial charge in [-0.15, -0.1) is 0 Å². The van der Waals surface area contributed by atoms with Gasteiger partial charge in [0.15, 0.2) is 0 Å². The van der Waals surface area contributed by atoms with Crippen molar-refractivity contribution in [3.8, 4) is 16.9 Å². The number of hydrogen-bond donors (Lipinski definition) is 2. The van der Waals surface area contributed by atoms with Gasteiger partial charge < -0.3 is 30.1 Å². The number of ether oxygens (including phenoxy) is 1. The van der Waals surface area contributed by atoms with Crippen LogP contribution >= 0.6 is 0 Å². The third-order valence-electron chi connectivity index (χ3n) is 9.12. The minimum absolute atomic E-state index is 0.0277. The van der Waals surface area contributed by atoms with E-state index in [1.807, 2.05) is 62.4 Å². The third-order valence-corrected chi connectivity index (χ3v) is 9.12. The largest absolute Gasteiger partial charge is 0.495 e. The van der Waals surface area contributed by atoms with Crippen LogP contribution in [0.25, 0.3) is 11.1 Å². The van der Waals surface area contributed by atoms with Crippen molar-refractivity contribution in [1.29, 1.82) is 0 Å². The average molecular weight is 720 g/mol. The van der Waals surface area contributed by atoms with Crippen molar-refractivity contribution in [2.45, 2.75) is 106 Å². The molecule has 2 atom stereocenters. The molecule has 0 aliphatic carbocycles. The van der Waals surface area contributed by atoms with Gasteiger partial charge in [-0.1, -0.05) is 83.5 Å². The molecule has 0 unspecified atom stereocenters. The molecule has 0 saturated carbocycles. The molecule has 2 aliphatic heterocycles. The van der Waals surface area contributed by atoms with Gasteiger partial charge in [0.1, 0.15) is 11.8 Å². The van der Waals surface area contributed by atoms with Crippen LogP contribution in [0.4, 0.5) is 5.69 Å². The summed E-state index contributed by atoms with van der Waals surface area (Å²) in [5.74, 6) is 0.619. The Hall–Kier alpha value is -4.18. The van der Waals surface area contributed by atoms with Crippen LogP contribution in [0.15, 0.2) is 60.2 Å². The minimum atomic E-state index is -0.625. The van der Waals surface area contributed by atoms with Gasteiger partial charge in [0, 0.05) is 25.2 Å². The topological polar surface area (TPSA) is 111 Å². The minimum Gasteiger partial charge on any atom is -0.495 e. The third kappa shape index (κ3) is 14.1. The summed E-state index contributed by atoms with van der Waals surface area (Å²) in [6.45, 7) is 19.7. The second kappa shape index (κ2) is 22.7. The Morgan fingerprint density at radius 2 is 1.54 bits per heavy atom. The second-order valence-electron chi connectivity index (χ2n) is 14.9. The molecule has 2 saturated heterocycles. The molecule has 2 heterocycles. The molecular formula is C42H65N5O5. The zero-order valence-electron chi connectivity index (χ0n) is 33.4. The number of nitrogens with one attached hydrogen (secondary N) is 2. The van der Waals surface area contributed by atoms with E-state index in [-0.39, 0.29) is 36.2 Å². The van der Waals surface area contributed by atoms with Crippen molar-refractivity contribution in [2.24, 2.45) is 11.8 Å². The number of carbonyl (C=O) groups excluding carboxylic acids is 4. The SMILES string of the molecule is CC(C)C.CC(C)N1CCCCC1.COc1ccc(-c2ccccc2)cc1NC(=O)[C@@H]1CCCN1C(=O)/C(C)=C/[C@H](C(C)C)N(C)C(=O)CNC=O. The number of methoxy groups -OCH3 is 1. The molecule has 2 aromatic carbocycles. The van der Waals surface area contributed by atoms with Crippen molar-refractivity contribution < 1.29 is 23.9 Å².